The van der Waals surface area contributed by atoms with Crippen molar-refractivity contribution in [3.8, 4) is 0 Å². The Bertz CT molecular complexity index is 1060. The molecule has 1 aromatic carbocycles. The molecule has 2 aromatic heterocycles. The van der Waals surface area contributed by atoms with Gasteiger partial charge >= 0.3 is 6.09 Å². The molecule has 1 saturated heterocycles. The van der Waals surface area contributed by atoms with Gasteiger partial charge < -0.3 is 18.8 Å². The molecule has 1 aliphatic heterocycles. The summed E-state index contributed by atoms with van der Waals surface area (Å²) in [6.07, 6.45) is 9.45. The number of oxazole rings is 1. The van der Waals surface area contributed by atoms with E-state index in [1.54, 1.807) is 12.4 Å². The van der Waals surface area contributed by atoms with Crippen LogP contribution in [-0.4, -0.2) is 51.5 Å². The SMILES string of the molecule is Cc1cnc(COC(=O)N2CCC[C@H](c3ccn[nH]3)[C@@H]2COC2CCC(c3ccccc3)CC2)o1. The molecule has 8 nitrogen and oxygen atoms in total. The molecule has 186 valence electrons. The quantitative estimate of drug-likeness (QED) is 0.493. The topological polar surface area (TPSA) is 93.5 Å². The second kappa shape index (κ2) is 11.1. The summed E-state index contributed by atoms with van der Waals surface area (Å²) in [5.41, 5.74) is 2.46. The second-order valence-electron chi connectivity index (χ2n) is 9.66. The fourth-order valence-electron chi connectivity index (χ4n) is 5.52. The van der Waals surface area contributed by atoms with E-state index in [9.17, 15) is 4.79 Å². The number of aryl methyl sites for hydroxylation is 1. The predicted molar refractivity (Wildman–Crippen MR) is 130 cm³/mol. The van der Waals surface area contributed by atoms with Crippen LogP contribution in [0.3, 0.4) is 0 Å². The number of amides is 1. The molecule has 0 radical (unpaired) electrons. The highest BCUT2D eigenvalue weighted by Crippen LogP contribution is 2.36. The van der Waals surface area contributed by atoms with Gasteiger partial charge in [0.25, 0.3) is 0 Å². The van der Waals surface area contributed by atoms with Crippen molar-refractivity contribution in [3.05, 3.63) is 71.7 Å². The number of nitrogens with one attached hydrogen (secondary N) is 1. The number of aromatic nitrogens is 3. The molecule has 3 heterocycles. The monoisotopic (exact) mass is 478 g/mol. The Morgan fingerprint density at radius 3 is 2.69 bits per heavy atom. The van der Waals surface area contributed by atoms with Gasteiger partial charge in [0.1, 0.15) is 5.76 Å². The molecule has 0 unspecified atom stereocenters. The number of hydrogen-bond donors (Lipinski definition) is 1. The highest BCUT2D eigenvalue weighted by atomic mass is 16.6. The number of hydrogen-bond acceptors (Lipinski definition) is 6. The molecule has 2 fully saturated rings. The number of piperidine rings is 1. The number of benzene rings is 1. The summed E-state index contributed by atoms with van der Waals surface area (Å²) in [6, 6.07) is 12.6. The van der Waals surface area contributed by atoms with E-state index in [-0.39, 0.29) is 30.8 Å². The minimum Gasteiger partial charge on any atom is -0.442 e. The number of ether oxygens (including phenoxy) is 2. The van der Waals surface area contributed by atoms with E-state index in [0.29, 0.717) is 30.7 Å². The summed E-state index contributed by atoms with van der Waals surface area (Å²) in [7, 11) is 0. The van der Waals surface area contributed by atoms with Crippen LogP contribution in [-0.2, 0) is 16.1 Å². The molecule has 35 heavy (non-hydrogen) atoms. The van der Waals surface area contributed by atoms with E-state index in [4.69, 9.17) is 13.9 Å². The third-order valence-corrected chi connectivity index (χ3v) is 7.37. The lowest BCUT2D eigenvalue weighted by Gasteiger charge is -2.41. The number of likely N-dealkylation sites (tertiary alicyclic amines) is 1. The van der Waals surface area contributed by atoms with Gasteiger partial charge in [0.15, 0.2) is 6.61 Å². The maximum absolute atomic E-state index is 13.1. The van der Waals surface area contributed by atoms with Crippen molar-refractivity contribution < 1.29 is 18.7 Å². The number of rotatable bonds is 7. The van der Waals surface area contributed by atoms with Gasteiger partial charge in [-0.1, -0.05) is 30.3 Å². The molecule has 0 bridgehead atoms. The molecule has 8 heteroatoms. The molecule has 5 rings (SSSR count). The molecule has 2 atom stereocenters. The molecule has 3 aromatic rings. The molecular weight excluding hydrogens is 444 g/mol. The van der Waals surface area contributed by atoms with Crippen molar-refractivity contribution >= 4 is 6.09 Å². The van der Waals surface area contributed by atoms with Crippen molar-refractivity contribution in [2.24, 2.45) is 0 Å². The lowest BCUT2D eigenvalue weighted by Crippen LogP contribution is -2.50. The highest BCUT2D eigenvalue weighted by molar-refractivity contribution is 5.68. The summed E-state index contributed by atoms with van der Waals surface area (Å²) in [6.45, 7) is 2.97. The maximum Gasteiger partial charge on any atom is 0.410 e. The predicted octanol–water partition coefficient (Wildman–Crippen LogP) is 5.33. The molecule has 1 saturated carbocycles. The minimum atomic E-state index is -0.355. The van der Waals surface area contributed by atoms with Gasteiger partial charge in [0, 0.05) is 24.4 Å². The van der Waals surface area contributed by atoms with Gasteiger partial charge in [-0.25, -0.2) is 9.78 Å². The smallest absolute Gasteiger partial charge is 0.410 e. The van der Waals surface area contributed by atoms with Crippen LogP contribution in [0, 0.1) is 6.92 Å². The van der Waals surface area contributed by atoms with Gasteiger partial charge in [-0.2, -0.15) is 5.10 Å². The van der Waals surface area contributed by atoms with Gasteiger partial charge in [-0.3, -0.25) is 5.10 Å². The van der Waals surface area contributed by atoms with Crippen molar-refractivity contribution in [1.82, 2.24) is 20.1 Å². The van der Waals surface area contributed by atoms with Crippen LogP contribution in [0.1, 0.15) is 73.3 Å². The van der Waals surface area contributed by atoms with Crippen LogP contribution in [0.5, 0.6) is 0 Å². The highest BCUT2D eigenvalue weighted by Gasteiger charge is 2.38. The van der Waals surface area contributed by atoms with Crippen LogP contribution >= 0.6 is 0 Å². The average molecular weight is 479 g/mol. The molecule has 1 amide bonds. The zero-order valence-electron chi connectivity index (χ0n) is 20.3. The normalized spacial score (nSPS) is 24.9. The zero-order chi connectivity index (χ0) is 24.0. The summed E-state index contributed by atoms with van der Waals surface area (Å²) in [5.74, 6) is 1.83. The van der Waals surface area contributed by atoms with Crippen LogP contribution in [0.2, 0.25) is 0 Å². The van der Waals surface area contributed by atoms with Crippen molar-refractivity contribution in [2.75, 3.05) is 13.2 Å². The van der Waals surface area contributed by atoms with Crippen molar-refractivity contribution in [2.45, 2.75) is 76.0 Å². The van der Waals surface area contributed by atoms with Crippen LogP contribution in [0.4, 0.5) is 4.79 Å². The van der Waals surface area contributed by atoms with E-state index >= 15 is 0 Å². The Morgan fingerprint density at radius 1 is 1.14 bits per heavy atom. The lowest BCUT2D eigenvalue weighted by molar-refractivity contribution is -0.0277. The van der Waals surface area contributed by atoms with E-state index in [0.717, 1.165) is 44.2 Å². The number of carbonyl (C=O) groups excluding carboxylic acids is 1. The summed E-state index contributed by atoms with van der Waals surface area (Å²) < 4.78 is 17.5. The van der Waals surface area contributed by atoms with E-state index in [1.165, 1.54) is 5.56 Å². The number of nitrogens with zero attached hydrogens (tertiary/aromatic N) is 3. The largest absolute Gasteiger partial charge is 0.442 e. The van der Waals surface area contributed by atoms with Gasteiger partial charge in [0.2, 0.25) is 5.89 Å². The molecular formula is C27H34N4O4. The summed E-state index contributed by atoms with van der Waals surface area (Å²) in [4.78, 5) is 19.1. The Kier molecular flexibility index (Phi) is 7.47. The van der Waals surface area contributed by atoms with Crippen LogP contribution in [0.25, 0.3) is 0 Å². The Hall–Kier alpha value is -3.13. The standard InChI is InChI=1S/C27H34N4O4/c1-19-16-28-26(35-19)18-34-27(32)31-15-5-8-23(24-13-14-29-30-24)25(31)17-33-22-11-9-21(10-12-22)20-6-3-2-4-7-20/h2-4,6-7,13-14,16,21-23,25H,5,8-12,15,17-18H2,1H3,(H,29,30)/t21?,22?,23-,25+/m1/s1. The number of H-pyrrole nitrogens is 1. The van der Waals surface area contributed by atoms with Gasteiger partial charge in [-0.15, -0.1) is 0 Å². The van der Waals surface area contributed by atoms with Gasteiger partial charge in [-0.05, 0) is 63.0 Å². The third-order valence-electron chi connectivity index (χ3n) is 7.37. The van der Waals surface area contributed by atoms with E-state index in [1.807, 2.05) is 17.9 Å². The Labute approximate surface area is 206 Å². The first-order chi connectivity index (χ1) is 17.2. The van der Waals surface area contributed by atoms with E-state index in [2.05, 4.69) is 45.5 Å². The Morgan fingerprint density at radius 2 is 1.97 bits per heavy atom. The first kappa shape index (κ1) is 23.6. The lowest BCUT2D eigenvalue weighted by atomic mass is 9.82. The number of carbonyl (C=O) groups is 1. The van der Waals surface area contributed by atoms with Gasteiger partial charge in [0.05, 0.1) is 24.9 Å². The average Bonchev–Trinajstić information content (AvgIpc) is 3.59. The second-order valence-corrected chi connectivity index (χ2v) is 9.66. The Balaban J connectivity index is 1.21. The third kappa shape index (κ3) is 5.75. The minimum absolute atomic E-state index is 0.0228. The maximum atomic E-state index is 13.1. The van der Waals surface area contributed by atoms with Crippen molar-refractivity contribution in [3.63, 3.8) is 0 Å². The first-order valence-electron chi connectivity index (χ1n) is 12.7. The number of aromatic amines is 1. The molecule has 0 spiro atoms. The molecule has 1 N–H and O–H groups in total. The zero-order valence-corrected chi connectivity index (χ0v) is 20.3. The van der Waals surface area contributed by atoms with Crippen molar-refractivity contribution in [1.29, 1.82) is 0 Å². The van der Waals surface area contributed by atoms with E-state index < -0.39 is 0 Å². The van der Waals surface area contributed by atoms with Crippen LogP contribution < -0.4 is 0 Å². The first-order valence-corrected chi connectivity index (χ1v) is 12.7. The molecule has 2 aliphatic rings. The summed E-state index contributed by atoms with van der Waals surface area (Å²) in [5, 5.41) is 7.26. The molecule has 1 aliphatic carbocycles. The van der Waals surface area contributed by atoms with Crippen LogP contribution in [0.15, 0.2) is 53.2 Å². The fourth-order valence-corrected chi connectivity index (χ4v) is 5.52. The summed E-state index contributed by atoms with van der Waals surface area (Å²) >= 11 is 0. The fraction of sp³-hybridized carbons (Fsp3) is 0.519.